The molecule has 0 aliphatic carbocycles. The van der Waals surface area contributed by atoms with E-state index in [1.54, 1.807) is 0 Å². The first-order valence-electron chi connectivity index (χ1n) is 1.46. The second-order valence-corrected chi connectivity index (χ2v) is 2.68. The summed E-state index contributed by atoms with van der Waals surface area (Å²) in [6, 6.07) is 0. The predicted octanol–water partition coefficient (Wildman–Crippen LogP) is -5.66. The van der Waals surface area contributed by atoms with E-state index in [2.05, 4.69) is 0 Å². The van der Waals surface area contributed by atoms with Crippen LogP contribution in [0.2, 0.25) is 0 Å². The normalized spacial score (nSPS) is 9.08. The number of phosphoric acid groups is 2. The Hall–Kier alpha value is 2.44. The summed E-state index contributed by atoms with van der Waals surface area (Å²) in [5.74, 6) is 0. The smallest absolute Gasteiger partial charge is 0.822 e. The van der Waals surface area contributed by atoms with E-state index in [1.165, 1.54) is 0 Å². The average molecular weight is 514 g/mol. The number of hydrogen-bond donors (Lipinski definition) is 0. The van der Waals surface area contributed by atoms with Gasteiger partial charge in [0.2, 0.25) is 0 Å². The Kier molecular flexibility index (Phi) is 28.4. The first kappa shape index (κ1) is 29.5. The zero-order chi connectivity index (χ0) is 9.00. The molecule has 0 saturated carbocycles. The van der Waals surface area contributed by atoms with Gasteiger partial charge in [-0.05, 0) is 0 Å². The summed E-state index contributed by atoms with van der Waals surface area (Å²) < 4.78 is 17.1. The van der Waals surface area contributed by atoms with Crippen molar-refractivity contribution in [1.82, 2.24) is 0 Å². The molecule has 0 rings (SSSR count). The molecule has 0 atom stereocenters. The van der Waals surface area contributed by atoms with Crippen molar-refractivity contribution in [3.05, 3.63) is 0 Å². The Labute approximate surface area is 120 Å². The number of hydrogen-bond acceptors (Lipinski definition) is 8. The van der Waals surface area contributed by atoms with Crippen molar-refractivity contribution in [2.75, 3.05) is 0 Å². The molecule has 0 aromatic rings. The zero-order valence-electron chi connectivity index (χ0n) is 5.06. The second-order valence-electron chi connectivity index (χ2n) is 0.894. The first-order valence-corrected chi connectivity index (χ1v) is 4.38. The Morgan fingerprint density at radius 1 is 0.538 bits per heavy atom. The van der Waals surface area contributed by atoms with Crippen LogP contribution in [0.4, 0.5) is 0 Å². The fraction of sp³-hybridized carbons (Fsp3) is 0. The zero-order valence-corrected chi connectivity index (χ0v) is 11.3. The molecule has 3 radical (unpaired) electrons. The molecule has 0 amide bonds. The molecule has 13 heteroatoms. The van der Waals surface area contributed by atoms with Crippen molar-refractivity contribution >= 4 is 15.6 Å². The van der Waals surface area contributed by atoms with E-state index >= 15 is 0 Å². The molecule has 0 unspecified atom stereocenters. The fourth-order valence-corrected chi connectivity index (χ4v) is 0. The molecule has 0 spiro atoms. The molecule has 0 aliphatic rings. The molecule has 0 saturated heterocycles. The van der Waals surface area contributed by atoms with Crippen molar-refractivity contribution < 1.29 is 106 Å². The van der Waals surface area contributed by atoms with Crippen LogP contribution in [0.3, 0.4) is 0 Å². The van der Waals surface area contributed by atoms with Crippen molar-refractivity contribution in [1.29, 1.82) is 0 Å². The molecule has 13 heavy (non-hydrogen) atoms. The van der Waals surface area contributed by atoms with Crippen LogP contribution in [0.1, 0.15) is 0 Å². The topological polar surface area (TPSA) is 172 Å². The van der Waals surface area contributed by atoms with Gasteiger partial charge < -0.3 is 38.5 Å². The molecular formula is Ag3O8P2. The summed E-state index contributed by atoms with van der Waals surface area (Å²) in [6.07, 6.45) is 0. The van der Waals surface area contributed by atoms with Gasteiger partial charge in [0.15, 0.2) is 0 Å². The largest absolute Gasteiger partial charge is 2.00 e. The van der Waals surface area contributed by atoms with Crippen LogP contribution in [0.5, 0.6) is 0 Å². The van der Waals surface area contributed by atoms with Gasteiger partial charge in [0.25, 0.3) is 0 Å². The predicted molar refractivity (Wildman–Crippen MR) is 15.2 cm³/mol. The monoisotopic (exact) mass is 511 g/mol. The standard InChI is InChI=1S/3Ag.2H3O4P/c;;;2*1-5(2,3)4/h;;;2*(H3,1,2,3,4)/q3*+2;;/p-6. The van der Waals surface area contributed by atoms with Gasteiger partial charge in [0, 0.05) is 0 Å². The molecule has 0 aliphatic heterocycles. The molecule has 0 aromatic heterocycles. The van der Waals surface area contributed by atoms with Crippen LogP contribution >= 0.6 is 15.6 Å². The average Bonchev–Trinajstić information content (AvgIpc) is 1.12. The minimum Gasteiger partial charge on any atom is -0.822 e. The summed E-state index contributed by atoms with van der Waals surface area (Å²) in [7, 11) is -10.8. The van der Waals surface area contributed by atoms with Gasteiger partial charge in [-0.2, -0.15) is 15.6 Å². The van der Waals surface area contributed by atoms with E-state index < -0.39 is 15.6 Å². The molecule has 91 valence electrons. The molecule has 0 aromatic carbocycles. The van der Waals surface area contributed by atoms with Crippen LogP contribution in [-0.4, -0.2) is 0 Å². The summed E-state index contributed by atoms with van der Waals surface area (Å²) in [5, 5.41) is 0. The van der Waals surface area contributed by atoms with Crippen molar-refractivity contribution in [3.63, 3.8) is 0 Å². The van der Waals surface area contributed by atoms with Crippen molar-refractivity contribution in [2.45, 2.75) is 0 Å². The van der Waals surface area contributed by atoms with Crippen LogP contribution in [0, 0.1) is 0 Å². The van der Waals surface area contributed by atoms with Crippen LogP contribution in [0.25, 0.3) is 0 Å². The minimum atomic E-state index is -5.39. The van der Waals surface area contributed by atoms with E-state index in [9.17, 15) is 0 Å². The Bertz CT molecular complexity index is 130. The van der Waals surface area contributed by atoms with E-state index in [0.29, 0.717) is 0 Å². The summed E-state index contributed by atoms with van der Waals surface area (Å²) in [5.41, 5.74) is 0. The van der Waals surface area contributed by atoms with E-state index in [0.717, 1.165) is 0 Å². The molecule has 0 bridgehead atoms. The van der Waals surface area contributed by atoms with E-state index in [4.69, 9.17) is 38.5 Å². The quantitative estimate of drug-likeness (QED) is 0.228. The maximum absolute atomic E-state index is 8.55. The van der Waals surface area contributed by atoms with Gasteiger partial charge in [-0.3, -0.25) is 0 Å². The van der Waals surface area contributed by atoms with Crippen LogP contribution in [-0.2, 0) is 76.3 Å². The van der Waals surface area contributed by atoms with Gasteiger partial charge >= 0.3 is 67.1 Å². The van der Waals surface area contributed by atoms with E-state index in [1.807, 2.05) is 0 Å². The molecule has 8 nitrogen and oxygen atoms in total. The minimum absolute atomic E-state index is 0. The Morgan fingerprint density at radius 2 is 0.538 bits per heavy atom. The Morgan fingerprint density at radius 3 is 0.538 bits per heavy atom. The van der Waals surface area contributed by atoms with Crippen molar-refractivity contribution in [2.24, 2.45) is 0 Å². The number of rotatable bonds is 0. The maximum Gasteiger partial charge on any atom is 2.00 e. The van der Waals surface area contributed by atoms with Gasteiger partial charge in [0.05, 0.1) is 0 Å². The molecule has 0 fully saturated rings. The van der Waals surface area contributed by atoms with Gasteiger partial charge in [0.1, 0.15) is 0 Å². The third kappa shape index (κ3) is 375. The van der Waals surface area contributed by atoms with Crippen molar-refractivity contribution in [3.8, 4) is 0 Å². The van der Waals surface area contributed by atoms with Gasteiger partial charge in [-0.1, -0.05) is 0 Å². The molecular weight excluding hydrogens is 514 g/mol. The summed E-state index contributed by atoms with van der Waals surface area (Å²) in [6.45, 7) is 0. The van der Waals surface area contributed by atoms with Crippen LogP contribution < -0.4 is 29.4 Å². The fourth-order valence-electron chi connectivity index (χ4n) is 0. The SMILES string of the molecule is O=P([O-])([O-])[O-].O=P([O-])([O-])[O-].[Ag+2].[Ag+2].[Ag+2]. The molecule has 0 heterocycles. The molecule has 0 N–H and O–H groups in total. The third-order valence-electron chi connectivity index (χ3n) is 0. The second kappa shape index (κ2) is 12.5. The Balaban J connectivity index is -0.0000000267. The maximum atomic E-state index is 8.55. The first-order chi connectivity index (χ1) is 4.00. The van der Waals surface area contributed by atoms with E-state index in [-0.39, 0.29) is 67.1 Å². The van der Waals surface area contributed by atoms with Gasteiger partial charge in [-0.15, -0.1) is 0 Å². The summed E-state index contributed by atoms with van der Waals surface area (Å²) in [4.78, 5) is 51.3. The van der Waals surface area contributed by atoms with Crippen LogP contribution in [0.15, 0.2) is 0 Å². The third-order valence-corrected chi connectivity index (χ3v) is 0. The summed E-state index contributed by atoms with van der Waals surface area (Å²) >= 11 is 0. The van der Waals surface area contributed by atoms with Gasteiger partial charge in [-0.25, -0.2) is 0 Å².